The lowest BCUT2D eigenvalue weighted by molar-refractivity contribution is -0.141. The highest BCUT2D eigenvalue weighted by atomic mass is 16.5. The molecule has 7 nitrogen and oxygen atoms in total. The summed E-state index contributed by atoms with van der Waals surface area (Å²) in [5, 5.41) is 8.89. The molecule has 1 amide bonds. The maximum absolute atomic E-state index is 12.7. The molecule has 2 heterocycles. The second-order valence-electron chi connectivity index (χ2n) is 6.60. The minimum atomic E-state index is -0.925. The minimum Gasteiger partial charge on any atom is -0.481 e. The largest absolute Gasteiger partial charge is 0.481 e. The number of amides is 1. The molecule has 136 valence electrons. The lowest BCUT2D eigenvalue weighted by atomic mass is 9.98. The van der Waals surface area contributed by atoms with E-state index in [1.54, 1.807) is 23.2 Å². The summed E-state index contributed by atoms with van der Waals surface area (Å²) in [6, 6.07) is 3.34. The Labute approximate surface area is 146 Å². The van der Waals surface area contributed by atoms with Crippen molar-refractivity contribution in [3.05, 3.63) is 23.9 Å². The van der Waals surface area contributed by atoms with Crippen LogP contribution in [0.25, 0.3) is 0 Å². The molecular weight excluding hydrogens is 324 g/mol. The number of aromatic nitrogens is 1. The van der Waals surface area contributed by atoms with Gasteiger partial charge < -0.3 is 19.5 Å². The fourth-order valence-corrected chi connectivity index (χ4v) is 3.37. The van der Waals surface area contributed by atoms with Gasteiger partial charge in [0.1, 0.15) is 6.10 Å². The summed E-state index contributed by atoms with van der Waals surface area (Å²) < 4.78 is 11.3. The highest BCUT2D eigenvalue weighted by Gasteiger charge is 2.27. The summed E-state index contributed by atoms with van der Waals surface area (Å²) in [6.45, 7) is 1.09. The maximum atomic E-state index is 12.7. The Bertz CT molecular complexity index is 615. The summed E-state index contributed by atoms with van der Waals surface area (Å²) in [7, 11) is 0. The van der Waals surface area contributed by atoms with Crippen LogP contribution in [0.2, 0.25) is 0 Å². The van der Waals surface area contributed by atoms with Gasteiger partial charge in [0, 0.05) is 30.9 Å². The molecule has 25 heavy (non-hydrogen) atoms. The standard InChI is InChI=1S/C18H24N2O5/c21-17(22)11-15-12-20(8-9-24-15)18(23)13-6-7-19-16(10-13)25-14-4-2-1-3-5-14/h6-7,10,14-15H,1-5,8-9,11-12H2,(H,21,22). The van der Waals surface area contributed by atoms with Crippen LogP contribution < -0.4 is 4.74 Å². The Kier molecular flexibility index (Phi) is 5.86. The highest BCUT2D eigenvalue weighted by molar-refractivity contribution is 5.94. The summed E-state index contributed by atoms with van der Waals surface area (Å²) in [5.74, 6) is -0.589. The molecule has 2 aliphatic rings. The lowest BCUT2D eigenvalue weighted by Gasteiger charge is -2.32. The zero-order valence-electron chi connectivity index (χ0n) is 14.2. The average molecular weight is 348 g/mol. The number of pyridine rings is 1. The smallest absolute Gasteiger partial charge is 0.306 e. The van der Waals surface area contributed by atoms with E-state index in [2.05, 4.69) is 4.98 Å². The van der Waals surface area contributed by atoms with Crippen LogP contribution in [0, 0.1) is 0 Å². The molecule has 2 fully saturated rings. The van der Waals surface area contributed by atoms with Gasteiger partial charge in [-0.15, -0.1) is 0 Å². The second kappa shape index (κ2) is 8.29. The number of hydrogen-bond acceptors (Lipinski definition) is 5. The molecule has 7 heteroatoms. The predicted molar refractivity (Wildman–Crippen MR) is 89.6 cm³/mol. The second-order valence-corrected chi connectivity index (χ2v) is 6.60. The Hall–Kier alpha value is -2.15. The molecule has 0 aromatic carbocycles. The molecule has 1 aromatic heterocycles. The van der Waals surface area contributed by atoms with E-state index in [0.29, 0.717) is 24.6 Å². The number of rotatable bonds is 5. The van der Waals surface area contributed by atoms with E-state index < -0.39 is 12.1 Å². The first kappa shape index (κ1) is 17.7. The monoisotopic (exact) mass is 348 g/mol. The molecule has 1 aliphatic heterocycles. The van der Waals surface area contributed by atoms with Crippen LogP contribution in [-0.4, -0.2) is 58.8 Å². The van der Waals surface area contributed by atoms with E-state index in [1.807, 2.05) is 0 Å². The molecule has 0 spiro atoms. The minimum absolute atomic E-state index is 0.101. The zero-order chi connectivity index (χ0) is 17.6. The summed E-state index contributed by atoms with van der Waals surface area (Å²) in [6.07, 6.45) is 6.84. The van der Waals surface area contributed by atoms with Crippen LogP contribution in [0.1, 0.15) is 48.9 Å². The first-order valence-electron chi connectivity index (χ1n) is 8.87. The Morgan fingerprint density at radius 2 is 2.12 bits per heavy atom. The normalized spacial score (nSPS) is 21.8. The predicted octanol–water partition coefficient (Wildman–Crippen LogP) is 2.11. The third kappa shape index (κ3) is 4.92. The molecule has 0 bridgehead atoms. The van der Waals surface area contributed by atoms with Crippen molar-refractivity contribution >= 4 is 11.9 Å². The number of nitrogens with zero attached hydrogens (tertiary/aromatic N) is 2. The molecule has 3 rings (SSSR count). The number of hydrogen-bond donors (Lipinski definition) is 1. The molecule has 0 radical (unpaired) electrons. The number of carbonyl (C=O) groups is 2. The van der Waals surface area contributed by atoms with Crippen LogP contribution in [0.3, 0.4) is 0 Å². The number of morpholine rings is 1. The topological polar surface area (TPSA) is 89.0 Å². The van der Waals surface area contributed by atoms with E-state index in [-0.39, 0.29) is 25.0 Å². The van der Waals surface area contributed by atoms with Crippen molar-refractivity contribution in [3.8, 4) is 5.88 Å². The van der Waals surface area contributed by atoms with Crippen molar-refractivity contribution in [3.63, 3.8) is 0 Å². The molecule has 1 saturated carbocycles. The van der Waals surface area contributed by atoms with Gasteiger partial charge >= 0.3 is 5.97 Å². The third-order valence-corrected chi connectivity index (χ3v) is 4.65. The van der Waals surface area contributed by atoms with Gasteiger partial charge in [-0.1, -0.05) is 6.42 Å². The summed E-state index contributed by atoms with van der Waals surface area (Å²) in [5.41, 5.74) is 0.511. The van der Waals surface area contributed by atoms with Gasteiger partial charge in [-0.3, -0.25) is 9.59 Å². The van der Waals surface area contributed by atoms with Gasteiger partial charge in [0.15, 0.2) is 0 Å². The molecule has 1 N–H and O–H groups in total. The molecule has 1 saturated heterocycles. The number of ether oxygens (including phenoxy) is 2. The first-order chi connectivity index (χ1) is 12.1. The quantitative estimate of drug-likeness (QED) is 0.877. The number of carboxylic acid groups (broad SMARTS) is 1. The van der Waals surface area contributed by atoms with Crippen LogP contribution in [0.5, 0.6) is 5.88 Å². The third-order valence-electron chi connectivity index (χ3n) is 4.65. The first-order valence-corrected chi connectivity index (χ1v) is 8.87. The van der Waals surface area contributed by atoms with Gasteiger partial charge in [0.05, 0.1) is 19.1 Å². The SMILES string of the molecule is O=C(O)CC1CN(C(=O)c2ccnc(OC3CCCCC3)c2)CCO1. The van der Waals surface area contributed by atoms with Gasteiger partial charge in [0.2, 0.25) is 5.88 Å². The van der Waals surface area contributed by atoms with E-state index in [1.165, 1.54) is 19.3 Å². The summed E-state index contributed by atoms with van der Waals surface area (Å²) in [4.78, 5) is 29.4. The highest BCUT2D eigenvalue weighted by Crippen LogP contribution is 2.23. The van der Waals surface area contributed by atoms with Crippen molar-refractivity contribution in [1.82, 2.24) is 9.88 Å². The average Bonchev–Trinajstić information content (AvgIpc) is 2.62. The number of aliphatic carboxylic acids is 1. The molecule has 1 atom stereocenters. The Morgan fingerprint density at radius 1 is 1.32 bits per heavy atom. The van der Waals surface area contributed by atoms with Gasteiger partial charge in [-0.05, 0) is 31.7 Å². The van der Waals surface area contributed by atoms with Crippen molar-refractivity contribution in [2.24, 2.45) is 0 Å². The van der Waals surface area contributed by atoms with Crippen molar-refractivity contribution in [2.45, 2.75) is 50.7 Å². The van der Waals surface area contributed by atoms with E-state index in [4.69, 9.17) is 14.6 Å². The molecule has 1 aliphatic carbocycles. The van der Waals surface area contributed by atoms with E-state index >= 15 is 0 Å². The molecule has 1 unspecified atom stereocenters. The van der Waals surface area contributed by atoms with Crippen LogP contribution in [0.4, 0.5) is 0 Å². The Balaban J connectivity index is 1.63. The molecule has 1 aromatic rings. The Morgan fingerprint density at radius 3 is 2.88 bits per heavy atom. The number of carboxylic acids is 1. The molecular formula is C18H24N2O5. The van der Waals surface area contributed by atoms with Gasteiger partial charge in [-0.2, -0.15) is 0 Å². The maximum Gasteiger partial charge on any atom is 0.306 e. The van der Waals surface area contributed by atoms with E-state index in [0.717, 1.165) is 12.8 Å². The van der Waals surface area contributed by atoms with Gasteiger partial charge in [0.25, 0.3) is 5.91 Å². The lowest BCUT2D eigenvalue weighted by Crippen LogP contribution is -2.46. The number of carbonyl (C=O) groups excluding carboxylic acids is 1. The van der Waals surface area contributed by atoms with Crippen molar-refractivity contribution < 1.29 is 24.2 Å². The van der Waals surface area contributed by atoms with Crippen LogP contribution in [-0.2, 0) is 9.53 Å². The van der Waals surface area contributed by atoms with Crippen molar-refractivity contribution in [1.29, 1.82) is 0 Å². The fraction of sp³-hybridized carbons (Fsp3) is 0.611. The summed E-state index contributed by atoms with van der Waals surface area (Å²) >= 11 is 0. The van der Waals surface area contributed by atoms with Crippen LogP contribution in [0.15, 0.2) is 18.3 Å². The van der Waals surface area contributed by atoms with E-state index in [9.17, 15) is 9.59 Å². The van der Waals surface area contributed by atoms with Crippen molar-refractivity contribution in [2.75, 3.05) is 19.7 Å². The van der Waals surface area contributed by atoms with Crippen LogP contribution >= 0.6 is 0 Å². The van der Waals surface area contributed by atoms with Gasteiger partial charge in [-0.25, -0.2) is 4.98 Å². The fourth-order valence-electron chi connectivity index (χ4n) is 3.37. The zero-order valence-corrected chi connectivity index (χ0v) is 14.2.